The van der Waals surface area contributed by atoms with Gasteiger partial charge in [0.25, 0.3) is 5.69 Å². The van der Waals surface area contributed by atoms with Crippen LogP contribution in [0.5, 0.6) is 5.75 Å². The Kier molecular flexibility index (Phi) is 7.05. The lowest BCUT2D eigenvalue weighted by atomic mass is 10.2. The molecule has 0 atom stereocenters. The lowest BCUT2D eigenvalue weighted by Gasteiger charge is -2.10. The van der Waals surface area contributed by atoms with Crippen molar-refractivity contribution in [2.45, 2.75) is 13.2 Å². The van der Waals surface area contributed by atoms with E-state index in [0.717, 1.165) is 5.56 Å². The molecule has 0 aliphatic carbocycles. The Hall–Kier alpha value is -3.09. The Morgan fingerprint density at radius 1 is 0.931 bits per heavy atom. The number of nitro benzene ring substituents is 1. The molecule has 0 radical (unpaired) electrons. The number of oxime groups is 1. The largest absolute Gasteiger partial charge is 0.486 e. The van der Waals surface area contributed by atoms with Crippen molar-refractivity contribution in [3.05, 3.63) is 104 Å². The number of rotatable bonds is 8. The summed E-state index contributed by atoms with van der Waals surface area (Å²) in [7, 11) is 0. The molecule has 6 nitrogen and oxygen atoms in total. The van der Waals surface area contributed by atoms with E-state index in [-0.39, 0.29) is 12.3 Å². The first-order valence-corrected chi connectivity index (χ1v) is 9.33. The zero-order valence-electron chi connectivity index (χ0n) is 15.1. The minimum absolute atomic E-state index is 0.000246. The molecule has 0 bridgehead atoms. The summed E-state index contributed by atoms with van der Waals surface area (Å²) in [5.74, 6) is 0.395. The number of hydrogen-bond acceptors (Lipinski definition) is 5. The van der Waals surface area contributed by atoms with E-state index < -0.39 is 4.92 Å². The zero-order valence-corrected chi connectivity index (χ0v) is 16.6. The van der Waals surface area contributed by atoms with E-state index in [0.29, 0.717) is 33.5 Å². The van der Waals surface area contributed by atoms with Crippen molar-refractivity contribution < 1.29 is 14.5 Å². The molecule has 3 aromatic carbocycles. The Morgan fingerprint density at radius 2 is 1.62 bits per heavy atom. The molecule has 0 amide bonds. The van der Waals surface area contributed by atoms with Gasteiger partial charge in [0, 0.05) is 12.1 Å². The zero-order chi connectivity index (χ0) is 20.6. The molecule has 8 heteroatoms. The summed E-state index contributed by atoms with van der Waals surface area (Å²) in [5, 5.41) is 15.4. The highest BCUT2D eigenvalue weighted by Crippen LogP contribution is 2.34. The van der Waals surface area contributed by atoms with Gasteiger partial charge in [0.05, 0.1) is 21.2 Å². The Balaban J connectivity index is 1.59. The van der Waals surface area contributed by atoms with E-state index in [1.807, 2.05) is 30.3 Å². The molecule has 0 aromatic heterocycles. The Bertz CT molecular complexity index is 1000. The van der Waals surface area contributed by atoms with Gasteiger partial charge in [0.2, 0.25) is 0 Å². The van der Waals surface area contributed by atoms with E-state index in [1.54, 1.807) is 24.3 Å². The summed E-state index contributed by atoms with van der Waals surface area (Å²) in [6.45, 7) is 0.442. The molecule has 3 aromatic rings. The summed E-state index contributed by atoms with van der Waals surface area (Å²) >= 11 is 12.6. The maximum Gasteiger partial charge on any atom is 0.269 e. The van der Waals surface area contributed by atoms with Gasteiger partial charge < -0.3 is 9.57 Å². The van der Waals surface area contributed by atoms with Crippen LogP contribution in [0.3, 0.4) is 0 Å². The van der Waals surface area contributed by atoms with Crippen molar-refractivity contribution >= 4 is 35.1 Å². The van der Waals surface area contributed by atoms with Crippen LogP contribution in [0.4, 0.5) is 5.69 Å². The van der Waals surface area contributed by atoms with Gasteiger partial charge in [-0.2, -0.15) is 0 Å². The third kappa shape index (κ3) is 5.94. The number of ether oxygens (including phenoxy) is 1. The topological polar surface area (TPSA) is 74.0 Å². The second kappa shape index (κ2) is 9.91. The molecular formula is C21H16Cl2N2O4. The van der Waals surface area contributed by atoms with Gasteiger partial charge >= 0.3 is 0 Å². The second-order valence-corrected chi connectivity index (χ2v) is 6.84. The fourth-order valence-corrected chi connectivity index (χ4v) is 3.10. The Labute approximate surface area is 177 Å². The van der Waals surface area contributed by atoms with E-state index in [2.05, 4.69) is 5.16 Å². The van der Waals surface area contributed by atoms with E-state index >= 15 is 0 Å². The van der Waals surface area contributed by atoms with Crippen LogP contribution in [0.2, 0.25) is 10.0 Å². The number of halogens is 2. The molecule has 0 heterocycles. The quantitative estimate of drug-likeness (QED) is 0.248. The predicted molar refractivity (Wildman–Crippen MR) is 113 cm³/mol. The van der Waals surface area contributed by atoms with Gasteiger partial charge in [-0.25, -0.2) is 0 Å². The van der Waals surface area contributed by atoms with Crippen LogP contribution in [0.25, 0.3) is 0 Å². The highest BCUT2D eigenvalue weighted by molar-refractivity contribution is 6.37. The highest BCUT2D eigenvalue weighted by atomic mass is 35.5. The molecule has 0 N–H and O–H groups in total. The molecule has 0 saturated heterocycles. The molecule has 0 unspecified atom stereocenters. The first-order valence-electron chi connectivity index (χ1n) is 8.57. The SMILES string of the molecule is O=[N+]([O-])c1cccc(CO/N=C\c2cc(Cl)c(OCc3ccccc3)c(Cl)c2)c1. The Morgan fingerprint density at radius 3 is 2.31 bits per heavy atom. The van der Waals surface area contributed by atoms with E-state index in [4.69, 9.17) is 32.8 Å². The number of hydrogen-bond donors (Lipinski definition) is 0. The minimum atomic E-state index is -0.460. The summed E-state index contributed by atoms with van der Waals surface area (Å²) in [6, 6.07) is 19.2. The summed E-state index contributed by atoms with van der Waals surface area (Å²) in [6.07, 6.45) is 1.45. The minimum Gasteiger partial charge on any atom is -0.486 e. The number of non-ortho nitro benzene ring substituents is 1. The van der Waals surface area contributed by atoms with Crippen LogP contribution in [0.1, 0.15) is 16.7 Å². The van der Waals surface area contributed by atoms with Crippen molar-refractivity contribution in [2.24, 2.45) is 5.16 Å². The smallest absolute Gasteiger partial charge is 0.269 e. The van der Waals surface area contributed by atoms with E-state index in [1.165, 1.54) is 18.3 Å². The van der Waals surface area contributed by atoms with Gasteiger partial charge in [-0.05, 0) is 28.8 Å². The fourth-order valence-electron chi connectivity index (χ4n) is 2.49. The molecule has 29 heavy (non-hydrogen) atoms. The average Bonchev–Trinajstić information content (AvgIpc) is 2.71. The van der Waals surface area contributed by atoms with Crippen LogP contribution in [-0.4, -0.2) is 11.1 Å². The van der Waals surface area contributed by atoms with Crippen LogP contribution >= 0.6 is 23.2 Å². The van der Waals surface area contributed by atoms with E-state index in [9.17, 15) is 10.1 Å². The molecule has 148 valence electrons. The predicted octanol–water partition coefficient (Wildman–Crippen LogP) is 6.03. The molecule has 0 saturated carbocycles. The van der Waals surface area contributed by atoms with Crippen molar-refractivity contribution in [3.8, 4) is 5.75 Å². The average molecular weight is 431 g/mol. The summed E-state index contributed by atoms with van der Waals surface area (Å²) in [4.78, 5) is 15.5. The summed E-state index contributed by atoms with van der Waals surface area (Å²) < 4.78 is 5.73. The molecule has 0 fully saturated rings. The monoisotopic (exact) mass is 430 g/mol. The van der Waals surface area contributed by atoms with Crippen LogP contribution in [-0.2, 0) is 18.1 Å². The normalized spacial score (nSPS) is 10.8. The molecular weight excluding hydrogens is 415 g/mol. The van der Waals surface area contributed by atoms with Crippen molar-refractivity contribution in [1.82, 2.24) is 0 Å². The number of nitro groups is 1. The van der Waals surface area contributed by atoms with Gasteiger partial charge in [-0.1, -0.05) is 70.8 Å². The molecule has 0 spiro atoms. The third-order valence-corrected chi connectivity index (χ3v) is 4.44. The van der Waals surface area contributed by atoms with Gasteiger partial charge in [-0.15, -0.1) is 0 Å². The molecule has 0 aliphatic heterocycles. The van der Waals surface area contributed by atoms with Crippen molar-refractivity contribution in [2.75, 3.05) is 0 Å². The third-order valence-electron chi connectivity index (χ3n) is 3.88. The molecule has 0 aliphatic rings. The van der Waals surface area contributed by atoms with Crippen molar-refractivity contribution in [1.29, 1.82) is 0 Å². The van der Waals surface area contributed by atoms with Crippen LogP contribution < -0.4 is 4.74 Å². The number of benzene rings is 3. The fraction of sp³-hybridized carbons (Fsp3) is 0.0952. The van der Waals surface area contributed by atoms with Gasteiger partial charge in [0.15, 0.2) is 5.75 Å². The van der Waals surface area contributed by atoms with Gasteiger partial charge in [0.1, 0.15) is 13.2 Å². The maximum atomic E-state index is 10.8. The standard InChI is InChI=1S/C21H16Cl2N2O4/c22-19-10-17(11-20(23)21(19)28-13-15-5-2-1-3-6-15)12-24-29-14-16-7-4-8-18(9-16)25(26)27/h1-12H,13-14H2/b24-12-. The summed E-state index contributed by atoms with van der Waals surface area (Å²) in [5.41, 5.74) is 2.27. The second-order valence-electron chi connectivity index (χ2n) is 6.02. The van der Waals surface area contributed by atoms with Crippen LogP contribution in [0, 0.1) is 10.1 Å². The first-order chi connectivity index (χ1) is 14.0. The van der Waals surface area contributed by atoms with Crippen LogP contribution in [0.15, 0.2) is 71.9 Å². The lowest BCUT2D eigenvalue weighted by molar-refractivity contribution is -0.384. The van der Waals surface area contributed by atoms with Gasteiger partial charge in [-0.3, -0.25) is 10.1 Å². The molecule has 3 rings (SSSR count). The highest BCUT2D eigenvalue weighted by Gasteiger charge is 2.10. The van der Waals surface area contributed by atoms with Crippen molar-refractivity contribution in [3.63, 3.8) is 0 Å². The number of nitrogens with zero attached hydrogens (tertiary/aromatic N) is 2. The first kappa shape index (κ1) is 20.6. The lowest BCUT2D eigenvalue weighted by Crippen LogP contribution is -1.97. The maximum absolute atomic E-state index is 10.8.